The summed E-state index contributed by atoms with van der Waals surface area (Å²) in [5.41, 5.74) is 3.35. The lowest BCUT2D eigenvalue weighted by Crippen LogP contribution is -2.13. The van der Waals surface area contributed by atoms with Crippen LogP contribution in [0.3, 0.4) is 0 Å². The Bertz CT molecular complexity index is 1180. The molecule has 1 N–H and O–H groups in total. The van der Waals surface area contributed by atoms with E-state index in [4.69, 9.17) is 11.6 Å². The third-order valence-electron chi connectivity index (χ3n) is 4.65. The van der Waals surface area contributed by atoms with Crippen molar-refractivity contribution in [2.75, 3.05) is 5.32 Å². The molecule has 0 spiro atoms. The summed E-state index contributed by atoms with van der Waals surface area (Å²) in [6.45, 7) is 6.36. The highest BCUT2D eigenvalue weighted by Gasteiger charge is 2.21. The van der Waals surface area contributed by atoms with Gasteiger partial charge in [0.2, 0.25) is 0 Å². The van der Waals surface area contributed by atoms with Gasteiger partial charge in [-0.15, -0.1) is 0 Å². The Kier molecular flexibility index (Phi) is 5.07. The molecule has 148 valence electrons. The van der Waals surface area contributed by atoms with Gasteiger partial charge in [0.25, 0.3) is 5.91 Å². The van der Waals surface area contributed by atoms with Crippen molar-refractivity contribution in [3.8, 4) is 0 Å². The smallest absolute Gasteiger partial charge is 0.260 e. The molecule has 0 aliphatic heterocycles. The van der Waals surface area contributed by atoms with E-state index in [0.717, 1.165) is 16.6 Å². The molecule has 0 saturated carbocycles. The number of aromatic nitrogens is 5. The average Bonchev–Trinajstić information content (AvgIpc) is 3.23. The summed E-state index contributed by atoms with van der Waals surface area (Å²) >= 11 is 6.48. The molecule has 0 saturated heterocycles. The number of nitrogens with one attached hydrogen (secondary N) is 1. The number of rotatable bonds is 5. The molecule has 4 rings (SSSR count). The Morgan fingerprint density at radius 1 is 1.21 bits per heavy atom. The normalized spacial score (nSPS) is 11.3. The summed E-state index contributed by atoms with van der Waals surface area (Å²) in [5, 5.41) is 12.8. The third kappa shape index (κ3) is 3.73. The molecule has 3 aromatic heterocycles. The van der Waals surface area contributed by atoms with E-state index in [0.29, 0.717) is 28.6 Å². The highest BCUT2D eigenvalue weighted by molar-refractivity contribution is 6.33. The van der Waals surface area contributed by atoms with Gasteiger partial charge < -0.3 is 5.32 Å². The summed E-state index contributed by atoms with van der Waals surface area (Å²) in [4.78, 5) is 17.3. The molecule has 0 bridgehead atoms. The maximum absolute atomic E-state index is 12.9. The van der Waals surface area contributed by atoms with E-state index in [2.05, 4.69) is 20.5 Å². The number of pyridine rings is 1. The van der Waals surface area contributed by atoms with Crippen LogP contribution in [-0.2, 0) is 6.54 Å². The first-order valence-electron chi connectivity index (χ1n) is 9.35. The zero-order chi connectivity index (χ0) is 20.5. The van der Waals surface area contributed by atoms with Gasteiger partial charge in [-0.3, -0.25) is 4.79 Å². The van der Waals surface area contributed by atoms with Crippen LogP contribution in [-0.4, -0.2) is 30.5 Å². The number of benzene rings is 1. The fourth-order valence-electron chi connectivity index (χ4n) is 3.25. The van der Waals surface area contributed by atoms with Gasteiger partial charge in [-0.1, -0.05) is 41.9 Å². The number of hydrogen-bond acceptors (Lipinski definition) is 4. The number of nitrogens with zero attached hydrogens (tertiary/aromatic N) is 5. The monoisotopic (exact) mass is 408 g/mol. The largest absolute Gasteiger partial charge is 0.320 e. The Balaban J connectivity index is 1.58. The zero-order valence-electron chi connectivity index (χ0n) is 16.4. The highest BCUT2D eigenvalue weighted by Crippen LogP contribution is 2.24. The van der Waals surface area contributed by atoms with Gasteiger partial charge in [-0.25, -0.2) is 14.3 Å². The molecular formula is C21H21ClN6O. The van der Waals surface area contributed by atoms with Crippen molar-refractivity contribution in [1.29, 1.82) is 0 Å². The van der Waals surface area contributed by atoms with Gasteiger partial charge in [0.15, 0.2) is 5.65 Å². The minimum Gasteiger partial charge on any atom is -0.320 e. The lowest BCUT2D eigenvalue weighted by atomic mass is 10.2. The fourth-order valence-corrected chi connectivity index (χ4v) is 3.57. The standard InChI is InChI=1S/C21H21ClN6O/c1-13(2)28-20-16(10-24-28)9-17(11-23-20)25-21(29)18-14(3)26-27(19(18)22)12-15-7-5-4-6-8-15/h4-11,13H,12H2,1-3H3,(H,25,29). The Morgan fingerprint density at radius 3 is 2.69 bits per heavy atom. The van der Waals surface area contributed by atoms with Crippen LogP contribution in [0.4, 0.5) is 5.69 Å². The molecule has 3 heterocycles. The maximum Gasteiger partial charge on any atom is 0.260 e. The van der Waals surface area contributed by atoms with E-state index in [9.17, 15) is 4.79 Å². The zero-order valence-corrected chi connectivity index (χ0v) is 17.2. The van der Waals surface area contributed by atoms with Crippen molar-refractivity contribution < 1.29 is 4.79 Å². The summed E-state index contributed by atoms with van der Waals surface area (Å²) in [5.74, 6) is -0.316. The predicted octanol–water partition coefficient (Wildman–Crippen LogP) is 4.47. The van der Waals surface area contributed by atoms with Crippen molar-refractivity contribution in [1.82, 2.24) is 24.5 Å². The van der Waals surface area contributed by atoms with Crippen LogP contribution in [0.2, 0.25) is 5.15 Å². The lowest BCUT2D eigenvalue weighted by molar-refractivity contribution is 0.102. The Morgan fingerprint density at radius 2 is 1.97 bits per heavy atom. The SMILES string of the molecule is Cc1nn(Cc2ccccc2)c(Cl)c1C(=O)Nc1cnc2c(cnn2C(C)C)c1. The van der Waals surface area contributed by atoms with Gasteiger partial charge in [-0.2, -0.15) is 10.2 Å². The van der Waals surface area contributed by atoms with Gasteiger partial charge >= 0.3 is 0 Å². The van der Waals surface area contributed by atoms with Crippen LogP contribution in [0.25, 0.3) is 11.0 Å². The molecule has 7 nitrogen and oxygen atoms in total. The fraction of sp³-hybridized carbons (Fsp3) is 0.238. The van der Waals surface area contributed by atoms with Crippen LogP contribution in [0.1, 0.15) is 41.5 Å². The minimum absolute atomic E-state index is 0.206. The molecule has 0 unspecified atom stereocenters. The van der Waals surface area contributed by atoms with Gasteiger partial charge in [-0.05, 0) is 32.4 Å². The van der Waals surface area contributed by atoms with E-state index in [1.165, 1.54) is 0 Å². The number of aryl methyl sites for hydroxylation is 1. The quantitative estimate of drug-likeness (QED) is 0.528. The highest BCUT2D eigenvalue weighted by atomic mass is 35.5. The summed E-state index contributed by atoms with van der Waals surface area (Å²) < 4.78 is 3.48. The van der Waals surface area contributed by atoms with Crippen molar-refractivity contribution in [3.63, 3.8) is 0 Å². The second-order valence-corrected chi connectivity index (χ2v) is 7.53. The van der Waals surface area contributed by atoms with Crippen LogP contribution in [0.5, 0.6) is 0 Å². The topological polar surface area (TPSA) is 77.6 Å². The van der Waals surface area contributed by atoms with Crippen LogP contribution in [0.15, 0.2) is 48.8 Å². The molecule has 1 amide bonds. The second kappa shape index (κ2) is 7.67. The van der Waals surface area contributed by atoms with Crippen molar-refractivity contribution in [2.45, 2.75) is 33.4 Å². The molecule has 0 radical (unpaired) electrons. The molecule has 0 aliphatic rings. The van der Waals surface area contributed by atoms with Crippen molar-refractivity contribution >= 4 is 34.2 Å². The van der Waals surface area contributed by atoms with Gasteiger partial charge in [0, 0.05) is 11.4 Å². The summed E-state index contributed by atoms with van der Waals surface area (Å²) in [6, 6.07) is 11.9. The molecule has 1 aromatic carbocycles. The summed E-state index contributed by atoms with van der Waals surface area (Å²) in [6.07, 6.45) is 3.37. The molecular weight excluding hydrogens is 388 g/mol. The van der Waals surface area contributed by atoms with Crippen LogP contribution < -0.4 is 5.32 Å². The van der Waals surface area contributed by atoms with Crippen LogP contribution >= 0.6 is 11.6 Å². The molecule has 8 heteroatoms. The number of carbonyl (C=O) groups is 1. The number of amides is 1. The van der Waals surface area contributed by atoms with E-state index in [1.54, 1.807) is 24.0 Å². The van der Waals surface area contributed by atoms with Gasteiger partial charge in [0.05, 0.1) is 35.9 Å². The van der Waals surface area contributed by atoms with E-state index < -0.39 is 0 Å². The van der Waals surface area contributed by atoms with Crippen molar-refractivity contribution in [3.05, 3.63) is 70.8 Å². The van der Waals surface area contributed by atoms with Crippen molar-refractivity contribution in [2.24, 2.45) is 0 Å². The van der Waals surface area contributed by atoms with Gasteiger partial charge in [0.1, 0.15) is 5.15 Å². The molecule has 0 atom stereocenters. The Labute approximate surface area is 173 Å². The first-order chi connectivity index (χ1) is 13.9. The first-order valence-corrected chi connectivity index (χ1v) is 9.73. The van der Waals surface area contributed by atoms with Crippen LogP contribution in [0, 0.1) is 6.92 Å². The lowest BCUT2D eigenvalue weighted by Gasteiger charge is -2.08. The third-order valence-corrected chi connectivity index (χ3v) is 5.03. The maximum atomic E-state index is 12.9. The number of hydrogen-bond donors (Lipinski definition) is 1. The predicted molar refractivity (Wildman–Crippen MR) is 113 cm³/mol. The van der Waals surface area contributed by atoms with E-state index in [1.807, 2.05) is 54.9 Å². The molecule has 0 fully saturated rings. The molecule has 29 heavy (non-hydrogen) atoms. The van der Waals surface area contributed by atoms with E-state index >= 15 is 0 Å². The van der Waals surface area contributed by atoms with E-state index in [-0.39, 0.29) is 11.9 Å². The number of fused-ring (bicyclic) bond motifs is 1. The molecule has 4 aromatic rings. The number of anilines is 1. The second-order valence-electron chi connectivity index (χ2n) is 7.17. The first kappa shape index (κ1) is 19.1. The average molecular weight is 409 g/mol. The number of halogens is 1. The number of carbonyl (C=O) groups excluding carboxylic acids is 1. The Hall–Kier alpha value is -3.19. The minimum atomic E-state index is -0.316. The molecule has 0 aliphatic carbocycles. The summed E-state index contributed by atoms with van der Waals surface area (Å²) in [7, 11) is 0.